The Kier molecular flexibility index (Phi) is 5.53. The van der Waals surface area contributed by atoms with Gasteiger partial charge in [0, 0.05) is 5.69 Å². The second-order valence-corrected chi connectivity index (χ2v) is 5.41. The number of anilines is 2. The Morgan fingerprint density at radius 1 is 1.08 bits per heavy atom. The van der Waals surface area contributed by atoms with Crippen molar-refractivity contribution in [2.75, 3.05) is 17.2 Å². The molecule has 0 saturated carbocycles. The largest absolute Gasteiger partial charge is 0.416 e. The average molecular weight is 372 g/mol. The van der Waals surface area contributed by atoms with Crippen molar-refractivity contribution in [2.45, 2.75) is 6.18 Å². The number of hydrogen-bond acceptors (Lipinski definition) is 3. The van der Waals surface area contributed by atoms with Gasteiger partial charge in [0.1, 0.15) is 0 Å². The lowest BCUT2D eigenvalue weighted by Gasteiger charge is -2.13. The lowest BCUT2D eigenvalue weighted by molar-refractivity contribution is -0.137. The molecule has 0 aromatic heterocycles. The summed E-state index contributed by atoms with van der Waals surface area (Å²) in [5.41, 5.74) is 4.65. The minimum atomic E-state index is -4.55. The summed E-state index contributed by atoms with van der Waals surface area (Å²) < 4.78 is 38.1. The molecular formula is C16H13ClF3N3O2. The Bertz CT molecular complexity index is 809. The molecule has 5 nitrogen and oxygen atoms in total. The summed E-state index contributed by atoms with van der Waals surface area (Å²) in [6, 6.07) is 8.88. The zero-order chi connectivity index (χ0) is 18.6. The number of benzene rings is 2. The number of carbonyl (C=O) groups excluding carboxylic acids is 2. The minimum Gasteiger partial charge on any atom is -0.376 e. The monoisotopic (exact) mass is 371 g/mol. The number of nitrogens with two attached hydrogens (primary N) is 1. The van der Waals surface area contributed by atoms with E-state index in [9.17, 15) is 22.8 Å². The Morgan fingerprint density at radius 2 is 1.76 bits per heavy atom. The summed E-state index contributed by atoms with van der Waals surface area (Å²) in [6.07, 6.45) is -4.55. The van der Waals surface area contributed by atoms with Crippen LogP contribution in [0.1, 0.15) is 15.9 Å². The quantitative estimate of drug-likeness (QED) is 0.752. The van der Waals surface area contributed by atoms with Crippen LogP contribution in [0.15, 0.2) is 42.5 Å². The molecule has 0 spiro atoms. The highest BCUT2D eigenvalue weighted by Gasteiger charge is 2.31. The van der Waals surface area contributed by atoms with E-state index in [0.29, 0.717) is 5.69 Å². The summed E-state index contributed by atoms with van der Waals surface area (Å²) in [7, 11) is 0. The molecule has 9 heteroatoms. The molecule has 0 heterocycles. The third-order valence-corrected chi connectivity index (χ3v) is 3.53. The zero-order valence-electron chi connectivity index (χ0n) is 12.7. The maximum absolute atomic E-state index is 12.7. The summed E-state index contributed by atoms with van der Waals surface area (Å²) in [5.74, 6) is -1.31. The number of para-hydroxylation sites is 1. The summed E-state index contributed by atoms with van der Waals surface area (Å²) in [5, 5.41) is 4.96. The number of rotatable bonds is 5. The second kappa shape index (κ2) is 7.43. The van der Waals surface area contributed by atoms with Crippen LogP contribution in [-0.4, -0.2) is 18.4 Å². The number of primary amides is 1. The van der Waals surface area contributed by atoms with Crippen molar-refractivity contribution in [1.82, 2.24) is 0 Å². The summed E-state index contributed by atoms with van der Waals surface area (Å²) >= 11 is 5.81. The number of halogens is 4. The van der Waals surface area contributed by atoms with E-state index in [4.69, 9.17) is 17.3 Å². The zero-order valence-corrected chi connectivity index (χ0v) is 13.4. The fraction of sp³-hybridized carbons (Fsp3) is 0.125. The molecule has 25 heavy (non-hydrogen) atoms. The van der Waals surface area contributed by atoms with E-state index < -0.39 is 23.6 Å². The normalized spacial score (nSPS) is 11.0. The van der Waals surface area contributed by atoms with Gasteiger partial charge in [-0.1, -0.05) is 23.7 Å². The van der Waals surface area contributed by atoms with Crippen molar-refractivity contribution in [3.63, 3.8) is 0 Å². The molecule has 2 amide bonds. The van der Waals surface area contributed by atoms with Crippen molar-refractivity contribution in [3.05, 3.63) is 58.6 Å². The molecule has 4 N–H and O–H groups in total. The lowest BCUT2D eigenvalue weighted by Crippen LogP contribution is -2.23. The van der Waals surface area contributed by atoms with Crippen molar-refractivity contribution in [2.24, 2.45) is 5.73 Å². The Morgan fingerprint density at radius 3 is 2.40 bits per heavy atom. The van der Waals surface area contributed by atoms with Crippen molar-refractivity contribution < 1.29 is 22.8 Å². The van der Waals surface area contributed by atoms with Gasteiger partial charge >= 0.3 is 6.18 Å². The van der Waals surface area contributed by atoms with Crippen LogP contribution in [0.2, 0.25) is 5.02 Å². The van der Waals surface area contributed by atoms with Gasteiger partial charge in [-0.2, -0.15) is 13.2 Å². The highest BCUT2D eigenvalue weighted by molar-refractivity contribution is 6.33. The first-order chi connectivity index (χ1) is 11.7. The van der Waals surface area contributed by atoms with Crippen LogP contribution < -0.4 is 16.4 Å². The molecule has 0 fully saturated rings. The van der Waals surface area contributed by atoms with Gasteiger partial charge < -0.3 is 16.4 Å². The molecule has 0 saturated heterocycles. The van der Waals surface area contributed by atoms with Crippen LogP contribution in [0, 0.1) is 0 Å². The van der Waals surface area contributed by atoms with Gasteiger partial charge in [-0.25, -0.2) is 0 Å². The molecule has 0 aliphatic heterocycles. The van der Waals surface area contributed by atoms with Crippen LogP contribution in [0.3, 0.4) is 0 Å². The summed E-state index contributed by atoms with van der Waals surface area (Å²) in [4.78, 5) is 23.2. The molecule has 2 aromatic rings. The minimum absolute atomic E-state index is 0.0288. The molecule has 0 aliphatic rings. The smallest absolute Gasteiger partial charge is 0.376 e. The molecule has 2 rings (SSSR count). The number of alkyl halides is 3. The first kappa shape index (κ1) is 18.6. The maximum atomic E-state index is 12.7. The third kappa shape index (κ3) is 4.87. The van der Waals surface area contributed by atoms with Gasteiger partial charge in [0.15, 0.2) is 0 Å². The maximum Gasteiger partial charge on any atom is 0.416 e. The van der Waals surface area contributed by atoms with Gasteiger partial charge in [0.2, 0.25) is 5.91 Å². The molecule has 0 bridgehead atoms. The van der Waals surface area contributed by atoms with Gasteiger partial charge in [-0.15, -0.1) is 0 Å². The van der Waals surface area contributed by atoms with Crippen LogP contribution in [0.5, 0.6) is 0 Å². The predicted molar refractivity (Wildman–Crippen MR) is 88.5 cm³/mol. The first-order valence-electron chi connectivity index (χ1n) is 6.98. The molecule has 2 aromatic carbocycles. The van der Waals surface area contributed by atoms with E-state index in [2.05, 4.69) is 10.6 Å². The van der Waals surface area contributed by atoms with E-state index in [-0.39, 0.29) is 22.8 Å². The molecule has 0 radical (unpaired) electrons. The van der Waals surface area contributed by atoms with Crippen molar-refractivity contribution in [1.29, 1.82) is 0 Å². The molecule has 0 aliphatic carbocycles. The van der Waals surface area contributed by atoms with Crippen molar-refractivity contribution >= 4 is 34.8 Å². The van der Waals surface area contributed by atoms with E-state index in [1.165, 1.54) is 6.07 Å². The topological polar surface area (TPSA) is 84.2 Å². The highest BCUT2D eigenvalue weighted by Crippen LogP contribution is 2.33. The third-order valence-electron chi connectivity index (χ3n) is 3.20. The van der Waals surface area contributed by atoms with Crippen molar-refractivity contribution in [3.8, 4) is 0 Å². The van der Waals surface area contributed by atoms with Gasteiger partial charge in [-0.3, -0.25) is 9.59 Å². The highest BCUT2D eigenvalue weighted by atomic mass is 35.5. The van der Waals surface area contributed by atoms with E-state index >= 15 is 0 Å². The van der Waals surface area contributed by atoms with Gasteiger partial charge in [0.05, 0.1) is 28.4 Å². The standard InChI is InChI=1S/C16H13ClF3N3O2/c17-11-6-5-9(16(18,19)20)7-13(11)23-14(24)8-22-12-4-2-1-3-10(12)15(21)25/h1-7,22H,8H2,(H2,21,25)(H,23,24). The van der Waals surface area contributed by atoms with Crippen LogP contribution in [0.25, 0.3) is 0 Å². The number of hydrogen-bond donors (Lipinski definition) is 3. The van der Waals surface area contributed by atoms with E-state index in [1.54, 1.807) is 18.2 Å². The van der Waals surface area contributed by atoms with Gasteiger partial charge in [0.25, 0.3) is 5.91 Å². The van der Waals surface area contributed by atoms with E-state index in [0.717, 1.165) is 18.2 Å². The fourth-order valence-corrected chi connectivity index (χ4v) is 2.18. The summed E-state index contributed by atoms with van der Waals surface area (Å²) in [6.45, 7) is -0.295. The Labute approximate surface area is 146 Å². The Hall–Kier alpha value is -2.74. The van der Waals surface area contributed by atoms with Crippen LogP contribution in [0.4, 0.5) is 24.5 Å². The lowest BCUT2D eigenvalue weighted by atomic mass is 10.1. The number of amides is 2. The second-order valence-electron chi connectivity index (χ2n) is 5.00. The van der Waals surface area contributed by atoms with Crippen LogP contribution >= 0.6 is 11.6 Å². The number of carbonyl (C=O) groups is 2. The molecule has 0 unspecified atom stereocenters. The molecule has 0 atom stereocenters. The average Bonchev–Trinajstić information content (AvgIpc) is 2.54. The first-order valence-corrected chi connectivity index (χ1v) is 7.35. The molecule has 132 valence electrons. The number of nitrogens with one attached hydrogen (secondary N) is 2. The van der Waals surface area contributed by atoms with Gasteiger partial charge in [-0.05, 0) is 30.3 Å². The Balaban J connectivity index is 2.08. The predicted octanol–water partition coefficient (Wildman–Crippen LogP) is 3.51. The van der Waals surface area contributed by atoms with Crippen LogP contribution in [-0.2, 0) is 11.0 Å². The fourth-order valence-electron chi connectivity index (χ4n) is 2.02. The van der Waals surface area contributed by atoms with E-state index in [1.807, 2.05) is 0 Å². The SMILES string of the molecule is NC(=O)c1ccccc1NCC(=O)Nc1cc(C(F)(F)F)ccc1Cl. The molecular weight excluding hydrogens is 359 g/mol.